The van der Waals surface area contributed by atoms with Crippen molar-refractivity contribution in [3.8, 4) is 5.75 Å². The first-order valence-electron chi connectivity index (χ1n) is 9.13. The summed E-state index contributed by atoms with van der Waals surface area (Å²) in [6.45, 7) is 4.95. The minimum Gasteiger partial charge on any atom is -0.494 e. The van der Waals surface area contributed by atoms with E-state index in [0.717, 1.165) is 24.1 Å². The standard InChI is InChI=1S/C20H24N2O4S/c1-3-20(23)22-13-5-6-15-14-18(11-12-19(15)22)27(24,25)21-16-7-9-17(10-8-16)26-4-2/h7-12,14,21H,3-6,13H2,1-2H3. The van der Waals surface area contributed by atoms with Crippen molar-refractivity contribution in [2.24, 2.45) is 0 Å². The van der Waals surface area contributed by atoms with Crippen molar-refractivity contribution in [1.29, 1.82) is 0 Å². The highest BCUT2D eigenvalue weighted by Gasteiger charge is 2.24. The number of aryl methyl sites for hydroxylation is 1. The summed E-state index contributed by atoms with van der Waals surface area (Å²) in [7, 11) is -3.71. The Bertz CT molecular complexity index is 923. The average Bonchev–Trinajstić information content (AvgIpc) is 2.68. The Labute approximate surface area is 160 Å². The van der Waals surface area contributed by atoms with Crippen LogP contribution in [-0.4, -0.2) is 27.5 Å². The second kappa shape index (κ2) is 8.00. The zero-order valence-corrected chi connectivity index (χ0v) is 16.4. The van der Waals surface area contributed by atoms with Gasteiger partial charge < -0.3 is 9.64 Å². The zero-order valence-electron chi connectivity index (χ0n) is 15.6. The fourth-order valence-electron chi connectivity index (χ4n) is 3.19. The number of nitrogens with zero attached hydrogens (tertiary/aromatic N) is 1. The molecule has 0 radical (unpaired) electrons. The molecule has 1 N–H and O–H groups in total. The maximum absolute atomic E-state index is 12.7. The van der Waals surface area contributed by atoms with Gasteiger partial charge in [0.1, 0.15) is 5.75 Å². The van der Waals surface area contributed by atoms with E-state index in [1.807, 2.05) is 13.8 Å². The molecule has 0 aliphatic carbocycles. The average molecular weight is 388 g/mol. The minimum absolute atomic E-state index is 0.0547. The van der Waals surface area contributed by atoms with E-state index in [-0.39, 0.29) is 10.8 Å². The Morgan fingerprint density at radius 3 is 2.56 bits per heavy atom. The summed E-state index contributed by atoms with van der Waals surface area (Å²) in [5, 5.41) is 0. The molecule has 3 rings (SSSR count). The van der Waals surface area contributed by atoms with Gasteiger partial charge in [0.15, 0.2) is 0 Å². The molecular weight excluding hydrogens is 364 g/mol. The van der Waals surface area contributed by atoms with E-state index in [1.165, 1.54) is 0 Å². The molecule has 1 aliphatic rings. The summed E-state index contributed by atoms with van der Waals surface area (Å²) in [4.78, 5) is 14.1. The summed E-state index contributed by atoms with van der Waals surface area (Å²) in [6, 6.07) is 11.7. The Hall–Kier alpha value is -2.54. The van der Waals surface area contributed by atoms with Crippen LogP contribution in [0.25, 0.3) is 0 Å². The van der Waals surface area contributed by atoms with Gasteiger partial charge in [-0.2, -0.15) is 0 Å². The van der Waals surface area contributed by atoms with Crippen LogP contribution in [0.15, 0.2) is 47.4 Å². The minimum atomic E-state index is -3.71. The quantitative estimate of drug-likeness (QED) is 0.821. The summed E-state index contributed by atoms with van der Waals surface area (Å²) in [6.07, 6.45) is 2.02. The normalized spacial score (nSPS) is 13.8. The van der Waals surface area contributed by atoms with E-state index in [0.29, 0.717) is 31.0 Å². The van der Waals surface area contributed by atoms with Crippen LogP contribution in [0.1, 0.15) is 32.3 Å². The second-order valence-electron chi connectivity index (χ2n) is 6.36. The summed E-state index contributed by atoms with van der Waals surface area (Å²) < 4.78 is 33.5. The first kappa shape index (κ1) is 19.2. The molecule has 0 unspecified atom stereocenters. The van der Waals surface area contributed by atoms with E-state index < -0.39 is 10.0 Å². The van der Waals surface area contributed by atoms with Gasteiger partial charge in [-0.15, -0.1) is 0 Å². The number of benzene rings is 2. The van der Waals surface area contributed by atoms with Crippen molar-refractivity contribution in [1.82, 2.24) is 0 Å². The number of sulfonamides is 1. The highest BCUT2D eigenvalue weighted by Crippen LogP contribution is 2.30. The second-order valence-corrected chi connectivity index (χ2v) is 8.04. The van der Waals surface area contributed by atoms with Crippen LogP contribution >= 0.6 is 0 Å². The molecule has 0 saturated carbocycles. The number of amides is 1. The number of fused-ring (bicyclic) bond motifs is 1. The Balaban J connectivity index is 1.84. The third kappa shape index (κ3) is 4.24. The Kier molecular flexibility index (Phi) is 5.70. The molecule has 0 aromatic heterocycles. The van der Waals surface area contributed by atoms with E-state index in [2.05, 4.69) is 4.72 Å². The van der Waals surface area contributed by atoms with Gasteiger partial charge in [0.05, 0.1) is 11.5 Å². The van der Waals surface area contributed by atoms with Gasteiger partial charge >= 0.3 is 0 Å². The Morgan fingerprint density at radius 2 is 1.89 bits per heavy atom. The lowest BCUT2D eigenvalue weighted by atomic mass is 10.0. The molecule has 2 aromatic carbocycles. The SMILES string of the molecule is CCOc1ccc(NS(=O)(=O)c2ccc3c(c2)CCCN3C(=O)CC)cc1. The van der Waals surface area contributed by atoms with Gasteiger partial charge in [-0.05, 0) is 67.8 Å². The smallest absolute Gasteiger partial charge is 0.261 e. The van der Waals surface area contributed by atoms with Gasteiger partial charge in [-0.25, -0.2) is 8.42 Å². The number of hydrogen-bond donors (Lipinski definition) is 1. The van der Waals surface area contributed by atoms with Crippen molar-refractivity contribution >= 4 is 27.3 Å². The third-order valence-electron chi connectivity index (χ3n) is 4.50. The number of anilines is 2. The maximum atomic E-state index is 12.7. The zero-order chi connectivity index (χ0) is 19.4. The highest BCUT2D eigenvalue weighted by atomic mass is 32.2. The van der Waals surface area contributed by atoms with Gasteiger partial charge in [0.25, 0.3) is 10.0 Å². The monoisotopic (exact) mass is 388 g/mol. The van der Waals surface area contributed by atoms with Crippen LogP contribution < -0.4 is 14.4 Å². The fourth-order valence-corrected chi connectivity index (χ4v) is 4.30. The number of ether oxygens (including phenoxy) is 1. The van der Waals surface area contributed by atoms with Crippen LogP contribution in [0.2, 0.25) is 0 Å². The molecule has 0 spiro atoms. The van der Waals surface area contributed by atoms with Crippen molar-refractivity contribution in [2.75, 3.05) is 22.8 Å². The molecule has 0 fully saturated rings. The van der Waals surface area contributed by atoms with E-state index in [4.69, 9.17) is 4.74 Å². The molecule has 0 bridgehead atoms. The lowest BCUT2D eigenvalue weighted by Crippen LogP contribution is -2.35. The largest absolute Gasteiger partial charge is 0.494 e. The molecule has 0 saturated heterocycles. The van der Waals surface area contributed by atoms with Crippen LogP contribution in [0, 0.1) is 0 Å². The van der Waals surface area contributed by atoms with Gasteiger partial charge in [0, 0.05) is 24.3 Å². The first-order chi connectivity index (χ1) is 12.9. The Morgan fingerprint density at radius 1 is 1.15 bits per heavy atom. The predicted octanol–water partition coefficient (Wildman–Crippen LogP) is 3.58. The topological polar surface area (TPSA) is 75.7 Å². The van der Waals surface area contributed by atoms with Crippen molar-refractivity contribution < 1.29 is 17.9 Å². The molecule has 2 aromatic rings. The molecule has 27 heavy (non-hydrogen) atoms. The summed E-state index contributed by atoms with van der Waals surface area (Å²) in [5.41, 5.74) is 2.17. The lowest BCUT2D eigenvalue weighted by Gasteiger charge is -2.29. The molecule has 7 heteroatoms. The lowest BCUT2D eigenvalue weighted by molar-refractivity contribution is -0.118. The van der Waals surface area contributed by atoms with Gasteiger partial charge in [-0.1, -0.05) is 6.92 Å². The van der Waals surface area contributed by atoms with Crippen LogP contribution in [0.5, 0.6) is 5.75 Å². The van der Waals surface area contributed by atoms with Gasteiger partial charge in [-0.3, -0.25) is 9.52 Å². The molecule has 144 valence electrons. The maximum Gasteiger partial charge on any atom is 0.261 e. The molecule has 1 amide bonds. The number of rotatable bonds is 6. The van der Waals surface area contributed by atoms with Crippen LogP contribution in [0.4, 0.5) is 11.4 Å². The van der Waals surface area contributed by atoms with E-state index >= 15 is 0 Å². The van der Waals surface area contributed by atoms with Gasteiger partial charge in [0.2, 0.25) is 5.91 Å². The third-order valence-corrected chi connectivity index (χ3v) is 5.88. The van der Waals surface area contributed by atoms with E-state index in [9.17, 15) is 13.2 Å². The van der Waals surface area contributed by atoms with Crippen LogP contribution in [-0.2, 0) is 21.2 Å². The van der Waals surface area contributed by atoms with Crippen molar-refractivity contribution in [2.45, 2.75) is 38.0 Å². The summed E-state index contributed by atoms with van der Waals surface area (Å²) >= 11 is 0. The number of hydrogen-bond acceptors (Lipinski definition) is 4. The van der Waals surface area contributed by atoms with Crippen molar-refractivity contribution in [3.63, 3.8) is 0 Å². The highest BCUT2D eigenvalue weighted by molar-refractivity contribution is 7.92. The molecule has 1 heterocycles. The molecule has 6 nitrogen and oxygen atoms in total. The number of nitrogens with one attached hydrogen (secondary N) is 1. The fraction of sp³-hybridized carbons (Fsp3) is 0.350. The number of carbonyl (C=O) groups excluding carboxylic acids is 1. The van der Waals surface area contributed by atoms with Crippen molar-refractivity contribution in [3.05, 3.63) is 48.0 Å². The van der Waals surface area contributed by atoms with Crippen LogP contribution in [0.3, 0.4) is 0 Å². The first-order valence-corrected chi connectivity index (χ1v) is 10.6. The van der Waals surface area contributed by atoms with E-state index in [1.54, 1.807) is 47.4 Å². The number of carbonyl (C=O) groups is 1. The molecule has 0 atom stereocenters. The molecule has 1 aliphatic heterocycles. The molecular formula is C20H24N2O4S. The summed E-state index contributed by atoms with van der Waals surface area (Å²) in [5.74, 6) is 0.744. The predicted molar refractivity (Wildman–Crippen MR) is 106 cm³/mol.